The lowest BCUT2D eigenvalue weighted by atomic mass is 10.2. The maximum atomic E-state index is 13.5. The molecule has 3 aromatic heterocycles. The summed E-state index contributed by atoms with van der Waals surface area (Å²) in [7, 11) is -3.88. The molecule has 0 amide bonds. The maximum Gasteiger partial charge on any atom is 0.268 e. The van der Waals surface area contributed by atoms with Crippen LogP contribution in [0.15, 0.2) is 64.5 Å². The quantitative estimate of drug-likeness (QED) is 0.532. The van der Waals surface area contributed by atoms with E-state index < -0.39 is 10.0 Å². The maximum absolute atomic E-state index is 13.5. The van der Waals surface area contributed by atoms with Crippen LogP contribution in [-0.2, 0) is 10.0 Å². The Bertz CT molecular complexity index is 1380. The molecule has 148 valence electrons. The fourth-order valence-corrected chi connectivity index (χ4v) is 5.13. The van der Waals surface area contributed by atoms with E-state index in [2.05, 4.69) is 20.2 Å². The van der Waals surface area contributed by atoms with Crippen LogP contribution in [0.2, 0.25) is 0 Å². The minimum Gasteiger partial charge on any atom is -0.366 e. The van der Waals surface area contributed by atoms with Gasteiger partial charge in [0.2, 0.25) is 5.56 Å². The molecule has 0 aliphatic carbocycles. The van der Waals surface area contributed by atoms with Gasteiger partial charge in [0, 0.05) is 50.2 Å². The highest BCUT2D eigenvalue weighted by atomic mass is 32.2. The third-order valence-corrected chi connectivity index (χ3v) is 6.89. The van der Waals surface area contributed by atoms with Crippen molar-refractivity contribution in [1.82, 2.24) is 19.3 Å². The summed E-state index contributed by atoms with van der Waals surface area (Å²) < 4.78 is 28.3. The molecule has 0 unspecified atom stereocenters. The first kappa shape index (κ1) is 17.9. The molecular formula is C20H19N5O3S. The second-order valence-electron chi connectivity index (χ2n) is 7.00. The van der Waals surface area contributed by atoms with Crippen LogP contribution in [-0.4, -0.2) is 48.5 Å². The van der Waals surface area contributed by atoms with Crippen molar-refractivity contribution in [1.29, 1.82) is 0 Å². The molecule has 0 atom stereocenters. The molecule has 2 N–H and O–H groups in total. The van der Waals surface area contributed by atoms with Gasteiger partial charge >= 0.3 is 0 Å². The third-order valence-electron chi connectivity index (χ3n) is 5.22. The average molecular weight is 409 g/mol. The molecule has 0 bridgehead atoms. The number of aromatic amines is 1. The van der Waals surface area contributed by atoms with E-state index in [1.54, 1.807) is 42.7 Å². The van der Waals surface area contributed by atoms with E-state index in [9.17, 15) is 13.2 Å². The number of piperazine rings is 1. The molecule has 4 heterocycles. The molecule has 1 aliphatic heterocycles. The Balaban J connectivity index is 1.69. The number of hydrogen-bond acceptors (Lipinski definition) is 6. The normalized spacial score (nSPS) is 15.2. The van der Waals surface area contributed by atoms with Crippen LogP contribution in [0.5, 0.6) is 0 Å². The van der Waals surface area contributed by atoms with Crippen molar-refractivity contribution >= 4 is 37.6 Å². The smallest absolute Gasteiger partial charge is 0.268 e. The molecule has 0 spiro atoms. The van der Waals surface area contributed by atoms with E-state index in [0.29, 0.717) is 16.6 Å². The van der Waals surface area contributed by atoms with Crippen molar-refractivity contribution in [3.63, 3.8) is 0 Å². The molecular weight excluding hydrogens is 390 g/mol. The Labute approximate surface area is 166 Å². The largest absolute Gasteiger partial charge is 0.366 e. The monoisotopic (exact) mass is 409 g/mol. The van der Waals surface area contributed by atoms with Crippen LogP contribution in [0.4, 0.5) is 5.69 Å². The molecule has 1 saturated heterocycles. The Hall–Kier alpha value is -3.17. The van der Waals surface area contributed by atoms with Crippen LogP contribution >= 0.6 is 0 Å². The molecule has 8 nitrogen and oxygen atoms in total. The zero-order valence-electron chi connectivity index (χ0n) is 15.5. The average Bonchev–Trinajstić information content (AvgIpc) is 3.14. The summed E-state index contributed by atoms with van der Waals surface area (Å²) in [5.41, 5.74) is 2.20. The van der Waals surface area contributed by atoms with Gasteiger partial charge in [-0.1, -0.05) is 6.07 Å². The van der Waals surface area contributed by atoms with E-state index in [0.717, 1.165) is 37.3 Å². The van der Waals surface area contributed by atoms with Gasteiger partial charge in [0.05, 0.1) is 16.1 Å². The Morgan fingerprint density at radius 3 is 2.66 bits per heavy atom. The lowest BCUT2D eigenvalue weighted by Crippen LogP contribution is -2.43. The van der Waals surface area contributed by atoms with Crippen LogP contribution in [0, 0.1) is 0 Å². The zero-order valence-corrected chi connectivity index (χ0v) is 16.3. The van der Waals surface area contributed by atoms with Gasteiger partial charge in [0.1, 0.15) is 5.52 Å². The Morgan fingerprint density at radius 2 is 1.83 bits per heavy atom. The number of rotatable bonds is 3. The van der Waals surface area contributed by atoms with Crippen molar-refractivity contribution in [2.24, 2.45) is 0 Å². The number of nitrogens with one attached hydrogen (secondary N) is 2. The van der Waals surface area contributed by atoms with Gasteiger partial charge < -0.3 is 15.2 Å². The number of anilines is 1. The van der Waals surface area contributed by atoms with Gasteiger partial charge in [0.25, 0.3) is 10.0 Å². The van der Waals surface area contributed by atoms with Gasteiger partial charge in [-0.2, -0.15) is 0 Å². The summed E-state index contributed by atoms with van der Waals surface area (Å²) in [6, 6.07) is 11.3. The number of nitrogens with zero attached hydrogens (tertiary/aromatic N) is 3. The minimum absolute atomic E-state index is 0.111. The summed E-state index contributed by atoms with van der Waals surface area (Å²) in [5, 5.41) is 4.07. The molecule has 29 heavy (non-hydrogen) atoms. The highest BCUT2D eigenvalue weighted by Crippen LogP contribution is 2.31. The number of aromatic nitrogens is 3. The lowest BCUT2D eigenvalue weighted by Gasteiger charge is -2.28. The highest BCUT2D eigenvalue weighted by molar-refractivity contribution is 7.90. The van der Waals surface area contributed by atoms with Crippen molar-refractivity contribution in [2.75, 3.05) is 31.1 Å². The van der Waals surface area contributed by atoms with E-state index in [4.69, 9.17) is 0 Å². The fourth-order valence-electron chi connectivity index (χ4n) is 3.75. The van der Waals surface area contributed by atoms with Gasteiger partial charge in [-0.25, -0.2) is 12.4 Å². The topological polar surface area (TPSA) is 100 Å². The number of H-pyrrole nitrogens is 1. The first-order valence-corrected chi connectivity index (χ1v) is 10.8. The summed E-state index contributed by atoms with van der Waals surface area (Å²) in [4.78, 5) is 21.0. The highest BCUT2D eigenvalue weighted by Gasteiger charge is 2.25. The second-order valence-corrected chi connectivity index (χ2v) is 8.81. The van der Waals surface area contributed by atoms with Crippen LogP contribution < -0.4 is 15.8 Å². The molecule has 1 fully saturated rings. The van der Waals surface area contributed by atoms with E-state index in [-0.39, 0.29) is 10.5 Å². The molecule has 0 radical (unpaired) electrons. The molecule has 1 aliphatic rings. The van der Waals surface area contributed by atoms with Crippen LogP contribution in [0.25, 0.3) is 21.9 Å². The van der Waals surface area contributed by atoms with E-state index >= 15 is 0 Å². The molecule has 4 aromatic rings. The van der Waals surface area contributed by atoms with Crippen molar-refractivity contribution in [2.45, 2.75) is 4.90 Å². The number of hydrogen-bond donors (Lipinski definition) is 2. The predicted molar refractivity (Wildman–Crippen MR) is 112 cm³/mol. The summed E-state index contributed by atoms with van der Waals surface area (Å²) in [6.07, 6.45) is 3.32. The molecule has 9 heteroatoms. The van der Waals surface area contributed by atoms with Crippen LogP contribution in [0.3, 0.4) is 0 Å². The predicted octanol–water partition coefficient (Wildman–Crippen LogP) is 1.52. The third kappa shape index (κ3) is 2.99. The van der Waals surface area contributed by atoms with Crippen molar-refractivity contribution in [3.05, 3.63) is 65.2 Å². The fraction of sp³-hybridized carbons (Fsp3) is 0.200. The Morgan fingerprint density at radius 1 is 1.03 bits per heavy atom. The summed E-state index contributed by atoms with van der Waals surface area (Å²) in [6.45, 7) is 3.24. The van der Waals surface area contributed by atoms with Gasteiger partial charge in [0.15, 0.2) is 0 Å². The van der Waals surface area contributed by atoms with Gasteiger partial charge in [-0.05, 0) is 35.7 Å². The lowest BCUT2D eigenvalue weighted by molar-refractivity contribution is 0.586. The molecule has 0 saturated carbocycles. The minimum atomic E-state index is -3.88. The number of pyridine rings is 2. The van der Waals surface area contributed by atoms with E-state index in [1.165, 1.54) is 16.1 Å². The molecule has 1 aromatic carbocycles. The summed E-state index contributed by atoms with van der Waals surface area (Å²) in [5.74, 6) is 0. The first-order valence-electron chi connectivity index (χ1n) is 9.34. The van der Waals surface area contributed by atoms with Gasteiger partial charge in [-0.15, -0.1) is 0 Å². The SMILES string of the molecule is O=c1ccc2ccc(S(=O)(=O)n3cc(N4CCNCC4)c4ncccc43)cc2[nH]1. The van der Waals surface area contributed by atoms with E-state index in [1.807, 2.05) is 0 Å². The molecule has 5 rings (SSSR count). The standard InChI is InChI=1S/C20H19N5O3S/c26-19-6-4-14-3-5-15(12-16(14)23-19)29(27,28)25-13-18(24-10-8-21-9-11-24)20-17(25)2-1-7-22-20/h1-7,12-13,21H,8-11H2,(H,23,26). The number of fused-ring (bicyclic) bond motifs is 2. The Kier molecular flexibility index (Phi) is 4.14. The van der Waals surface area contributed by atoms with Crippen LogP contribution in [0.1, 0.15) is 0 Å². The zero-order chi connectivity index (χ0) is 20.0. The van der Waals surface area contributed by atoms with Gasteiger partial charge in [-0.3, -0.25) is 9.78 Å². The van der Waals surface area contributed by atoms with Crippen molar-refractivity contribution in [3.8, 4) is 0 Å². The first-order chi connectivity index (χ1) is 14.0. The summed E-state index contributed by atoms with van der Waals surface area (Å²) >= 11 is 0. The van der Waals surface area contributed by atoms with Crippen molar-refractivity contribution < 1.29 is 8.42 Å². The second kappa shape index (κ2) is 6.71. The number of benzene rings is 1.